The molecule has 0 radical (unpaired) electrons. The molecule has 0 aliphatic carbocycles. The summed E-state index contributed by atoms with van der Waals surface area (Å²) in [5.41, 5.74) is 0.595. The largest absolute Gasteiger partial charge is 0.573 e. The molecule has 0 heterocycles. The zero-order valence-corrected chi connectivity index (χ0v) is 14.3. The molecule has 0 aliphatic heterocycles. The molecule has 1 aromatic carbocycles. The fourth-order valence-electron chi connectivity index (χ4n) is 1.72. The Kier molecular flexibility index (Phi) is 6.47. The third-order valence-electron chi connectivity index (χ3n) is 2.98. The van der Waals surface area contributed by atoms with E-state index in [1.807, 2.05) is 27.7 Å². The second kappa shape index (κ2) is 7.53. The number of hydrogen-bond acceptors (Lipinski definition) is 3. The first kappa shape index (κ1) is 19.8. The average Bonchev–Trinajstić information content (AvgIpc) is 2.37. The van der Waals surface area contributed by atoms with E-state index >= 15 is 0 Å². The van der Waals surface area contributed by atoms with Crippen molar-refractivity contribution >= 4 is 11.0 Å². The van der Waals surface area contributed by atoms with Gasteiger partial charge in [-0.3, -0.25) is 0 Å². The molecule has 8 heteroatoms. The maximum absolute atomic E-state index is 12.2. The Morgan fingerprint density at radius 3 is 2.43 bits per heavy atom. The second-order valence-electron chi connectivity index (χ2n) is 6.29. The molecule has 0 spiro atoms. The lowest BCUT2D eigenvalue weighted by Gasteiger charge is -2.22. The van der Waals surface area contributed by atoms with Gasteiger partial charge in [0.25, 0.3) is 0 Å². The third-order valence-corrected chi connectivity index (χ3v) is 4.71. The Balaban J connectivity index is 2.65. The highest BCUT2D eigenvalue weighted by molar-refractivity contribution is 7.84. The number of nitrogens with one attached hydrogen (secondary N) is 1. The quantitative estimate of drug-likeness (QED) is 0.820. The van der Waals surface area contributed by atoms with Gasteiger partial charge in [0.15, 0.2) is 11.5 Å². The Labute approximate surface area is 136 Å². The molecule has 2 N–H and O–H groups in total. The van der Waals surface area contributed by atoms with E-state index in [4.69, 9.17) is 0 Å². The molecule has 0 bridgehead atoms. The zero-order valence-electron chi connectivity index (χ0n) is 13.5. The van der Waals surface area contributed by atoms with Crippen LogP contribution in [0.2, 0.25) is 0 Å². The van der Waals surface area contributed by atoms with Crippen molar-refractivity contribution in [2.45, 2.75) is 57.7 Å². The number of benzene rings is 1. The smallest absolute Gasteiger partial charge is 0.504 e. The van der Waals surface area contributed by atoms with Crippen molar-refractivity contribution in [3.05, 3.63) is 23.8 Å². The van der Waals surface area contributed by atoms with Crippen molar-refractivity contribution in [3.63, 3.8) is 0 Å². The molecule has 2 atom stereocenters. The van der Waals surface area contributed by atoms with E-state index in [0.29, 0.717) is 18.4 Å². The lowest BCUT2D eigenvalue weighted by molar-refractivity contribution is -0.275. The first-order valence-corrected chi connectivity index (χ1v) is 8.29. The van der Waals surface area contributed by atoms with Crippen LogP contribution in [0.5, 0.6) is 11.5 Å². The van der Waals surface area contributed by atoms with Crippen molar-refractivity contribution < 1.29 is 27.2 Å². The molecule has 23 heavy (non-hydrogen) atoms. The van der Waals surface area contributed by atoms with Crippen LogP contribution in [0.3, 0.4) is 0 Å². The van der Waals surface area contributed by atoms with Gasteiger partial charge in [0.05, 0.1) is 15.7 Å². The summed E-state index contributed by atoms with van der Waals surface area (Å²) >= 11 is 0. The molecule has 1 rings (SSSR count). The predicted molar refractivity (Wildman–Crippen MR) is 83.6 cm³/mol. The number of halogens is 3. The van der Waals surface area contributed by atoms with Crippen LogP contribution >= 0.6 is 0 Å². The molecule has 0 amide bonds. The summed E-state index contributed by atoms with van der Waals surface area (Å²) in [6.07, 6.45) is -3.81. The SMILES string of the molecule is C[C@H](CCc1ccc(O)c(OC(F)(F)F)c1)NS(=O)C(C)(C)C. The van der Waals surface area contributed by atoms with Gasteiger partial charge in [0.2, 0.25) is 0 Å². The van der Waals surface area contributed by atoms with E-state index in [0.717, 1.165) is 6.07 Å². The lowest BCUT2D eigenvalue weighted by Crippen LogP contribution is -2.38. The zero-order chi connectivity index (χ0) is 17.8. The van der Waals surface area contributed by atoms with E-state index in [9.17, 15) is 22.5 Å². The summed E-state index contributed by atoms with van der Waals surface area (Å²) < 4.78 is 55.1. The Morgan fingerprint density at radius 2 is 1.91 bits per heavy atom. The van der Waals surface area contributed by atoms with Gasteiger partial charge in [0.1, 0.15) is 0 Å². The van der Waals surface area contributed by atoms with Crippen molar-refractivity contribution in [2.75, 3.05) is 0 Å². The molecule has 0 aliphatic rings. The van der Waals surface area contributed by atoms with Crippen molar-refractivity contribution in [2.24, 2.45) is 0 Å². The number of rotatable bonds is 6. The van der Waals surface area contributed by atoms with Gasteiger partial charge in [-0.2, -0.15) is 0 Å². The van der Waals surface area contributed by atoms with Gasteiger partial charge in [-0.15, -0.1) is 13.2 Å². The van der Waals surface area contributed by atoms with Gasteiger partial charge in [0, 0.05) is 6.04 Å². The lowest BCUT2D eigenvalue weighted by atomic mass is 10.1. The second-order valence-corrected chi connectivity index (χ2v) is 8.29. The average molecular weight is 353 g/mol. The van der Waals surface area contributed by atoms with Crippen LogP contribution in [0.4, 0.5) is 13.2 Å². The minimum absolute atomic E-state index is 0.0733. The molecule has 4 nitrogen and oxygen atoms in total. The minimum atomic E-state index is -4.85. The molecule has 0 saturated heterocycles. The maximum Gasteiger partial charge on any atom is 0.573 e. The van der Waals surface area contributed by atoms with Crippen LogP contribution in [0.1, 0.15) is 39.7 Å². The molecule has 132 valence electrons. The molecule has 1 aromatic rings. The molecule has 1 unspecified atom stereocenters. The normalized spacial score (nSPS) is 15.3. The summed E-state index contributed by atoms with van der Waals surface area (Å²) in [4.78, 5) is 0. The monoisotopic (exact) mass is 353 g/mol. The van der Waals surface area contributed by atoms with E-state index in [-0.39, 0.29) is 10.8 Å². The molecular formula is C15H22F3NO3S. The number of aromatic hydroxyl groups is 1. The molecule has 0 aromatic heterocycles. The van der Waals surface area contributed by atoms with E-state index in [1.165, 1.54) is 12.1 Å². The summed E-state index contributed by atoms with van der Waals surface area (Å²) in [5, 5.41) is 9.41. The van der Waals surface area contributed by atoms with Crippen LogP contribution < -0.4 is 9.46 Å². The number of phenols is 1. The summed E-state index contributed by atoms with van der Waals surface area (Å²) in [6, 6.07) is 3.79. The fourth-order valence-corrected chi connectivity index (χ4v) is 2.56. The van der Waals surface area contributed by atoms with Crippen LogP contribution in [-0.4, -0.2) is 26.5 Å². The van der Waals surface area contributed by atoms with Gasteiger partial charge in [-0.05, 0) is 58.2 Å². The van der Waals surface area contributed by atoms with Crippen molar-refractivity contribution in [3.8, 4) is 11.5 Å². The van der Waals surface area contributed by atoms with E-state index < -0.39 is 28.8 Å². The topological polar surface area (TPSA) is 58.6 Å². The highest BCUT2D eigenvalue weighted by Crippen LogP contribution is 2.32. The Bertz CT molecular complexity index is 556. The molecule has 0 saturated carbocycles. The summed E-state index contributed by atoms with van der Waals surface area (Å²) in [6.45, 7) is 7.41. The Hall–Kier alpha value is -1.28. The van der Waals surface area contributed by atoms with Crippen LogP contribution in [0.25, 0.3) is 0 Å². The maximum atomic E-state index is 12.2. The van der Waals surface area contributed by atoms with Gasteiger partial charge < -0.3 is 9.84 Å². The first-order valence-electron chi connectivity index (χ1n) is 7.14. The third kappa shape index (κ3) is 7.22. The van der Waals surface area contributed by atoms with Crippen LogP contribution in [-0.2, 0) is 17.4 Å². The molecule has 0 fully saturated rings. The number of alkyl halides is 3. The predicted octanol–water partition coefficient (Wildman–Crippen LogP) is 3.66. The molecular weight excluding hydrogens is 331 g/mol. The highest BCUT2D eigenvalue weighted by Gasteiger charge is 2.32. The fraction of sp³-hybridized carbons (Fsp3) is 0.600. The van der Waals surface area contributed by atoms with Gasteiger partial charge >= 0.3 is 6.36 Å². The summed E-state index contributed by atoms with van der Waals surface area (Å²) in [5.74, 6) is -1.18. The summed E-state index contributed by atoms with van der Waals surface area (Å²) in [7, 11) is -1.21. The van der Waals surface area contributed by atoms with Crippen molar-refractivity contribution in [1.82, 2.24) is 4.72 Å². The van der Waals surface area contributed by atoms with Crippen LogP contribution in [0.15, 0.2) is 18.2 Å². The van der Waals surface area contributed by atoms with Gasteiger partial charge in [-0.25, -0.2) is 8.93 Å². The van der Waals surface area contributed by atoms with Crippen molar-refractivity contribution in [1.29, 1.82) is 0 Å². The number of hydrogen-bond donors (Lipinski definition) is 2. The first-order chi connectivity index (χ1) is 10.4. The number of ether oxygens (including phenoxy) is 1. The van der Waals surface area contributed by atoms with Gasteiger partial charge in [-0.1, -0.05) is 6.07 Å². The van der Waals surface area contributed by atoms with Crippen LogP contribution in [0, 0.1) is 0 Å². The van der Waals surface area contributed by atoms with E-state index in [1.54, 1.807) is 0 Å². The van der Waals surface area contributed by atoms with E-state index in [2.05, 4.69) is 9.46 Å². The number of aryl methyl sites for hydroxylation is 1. The highest BCUT2D eigenvalue weighted by atomic mass is 32.2. The standard InChI is InChI=1S/C15H22F3NO3S/c1-10(19-23(21)14(2,3)4)5-6-11-7-8-12(20)13(9-11)22-15(16,17)18/h7-10,19-20H,5-6H2,1-4H3/t10-,23?/m1/s1. The minimum Gasteiger partial charge on any atom is -0.504 e. The number of phenolic OH excluding ortho intramolecular Hbond substituents is 1. The Morgan fingerprint density at radius 1 is 1.30 bits per heavy atom.